The number of benzene rings is 1. The van der Waals surface area contributed by atoms with Crippen molar-refractivity contribution in [1.82, 2.24) is 4.98 Å². The van der Waals surface area contributed by atoms with Gasteiger partial charge in [0.05, 0.1) is 17.4 Å². The van der Waals surface area contributed by atoms with E-state index < -0.39 is 11.7 Å². The minimum atomic E-state index is -0.604. The molecule has 156 valence electrons. The molecule has 0 aliphatic heterocycles. The van der Waals surface area contributed by atoms with Crippen molar-refractivity contribution in [3.05, 3.63) is 41.8 Å². The molecule has 1 heterocycles. The fourth-order valence-corrected chi connectivity index (χ4v) is 3.49. The van der Waals surface area contributed by atoms with Crippen molar-refractivity contribution in [2.75, 3.05) is 10.6 Å². The number of ether oxygens (including phenoxy) is 1. The predicted molar refractivity (Wildman–Crippen MR) is 112 cm³/mol. The van der Waals surface area contributed by atoms with Gasteiger partial charge in [-0.1, -0.05) is 12.8 Å². The van der Waals surface area contributed by atoms with Gasteiger partial charge in [0.15, 0.2) is 11.6 Å². The number of pyridine rings is 1. The lowest BCUT2D eigenvalue weighted by molar-refractivity contribution is 0.100. The third-order valence-electron chi connectivity index (χ3n) is 4.90. The zero-order valence-electron chi connectivity index (χ0n) is 16.7. The molecule has 29 heavy (non-hydrogen) atoms. The fourth-order valence-electron chi connectivity index (χ4n) is 3.49. The number of anilines is 3. The van der Waals surface area contributed by atoms with Gasteiger partial charge in [-0.05, 0) is 44.9 Å². The van der Waals surface area contributed by atoms with E-state index in [0.29, 0.717) is 17.2 Å². The summed E-state index contributed by atoms with van der Waals surface area (Å²) in [7, 11) is 0. The van der Waals surface area contributed by atoms with E-state index in [4.69, 9.17) is 16.2 Å². The Morgan fingerprint density at radius 2 is 2.07 bits per heavy atom. The number of rotatable bonds is 7. The smallest absolute Gasteiger partial charge is 0.252 e. The summed E-state index contributed by atoms with van der Waals surface area (Å²) in [5, 5.41) is 6.30. The van der Waals surface area contributed by atoms with Crippen LogP contribution >= 0.6 is 0 Å². The summed E-state index contributed by atoms with van der Waals surface area (Å²) in [6.07, 6.45) is 5.26. The Labute approximate surface area is 170 Å². The molecule has 0 radical (unpaired) electrons. The Balaban J connectivity index is 1.95. The van der Waals surface area contributed by atoms with Crippen LogP contribution in [0.5, 0.6) is 5.75 Å². The first-order valence-electron chi connectivity index (χ1n) is 9.89. The largest absolute Gasteiger partial charge is 0.488 e. The Kier molecular flexibility index (Phi) is 6.53. The molecule has 1 aliphatic carbocycles. The van der Waals surface area contributed by atoms with Crippen LogP contribution in [0.1, 0.15) is 49.9 Å². The highest BCUT2D eigenvalue weighted by molar-refractivity contribution is 5.98. The van der Waals surface area contributed by atoms with E-state index >= 15 is 4.39 Å². The minimum absolute atomic E-state index is 0.0172. The number of hydrogen-bond acceptors (Lipinski definition) is 6. The number of carbonyl (C=O) groups is 1. The Hall–Kier alpha value is -2.87. The number of nitrogens with two attached hydrogens (primary N) is 2. The molecule has 0 saturated heterocycles. The van der Waals surface area contributed by atoms with Crippen LogP contribution in [0.15, 0.2) is 30.5 Å². The van der Waals surface area contributed by atoms with E-state index in [9.17, 15) is 4.79 Å². The summed E-state index contributed by atoms with van der Waals surface area (Å²) < 4.78 is 20.8. The number of nitrogens with zero attached hydrogens (tertiary/aromatic N) is 1. The summed E-state index contributed by atoms with van der Waals surface area (Å²) in [5.74, 6) is -0.679. The molecule has 0 bridgehead atoms. The van der Waals surface area contributed by atoms with Gasteiger partial charge >= 0.3 is 0 Å². The first-order chi connectivity index (χ1) is 13.8. The number of halogens is 1. The number of hydrogen-bond donors (Lipinski definition) is 4. The van der Waals surface area contributed by atoms with Crippen LogP contribution in [0.2, 0.25) is 0 Å². The molecule has 3 rings (SSSR count). The molecule has 6 N–H and O–H groups in total. The molecule has 0 unspecified atom stereocenters. The van der Waals surface area contributed by atoms with Crippen molar-refractivity contribution < 1.29 is 13.9 Å². The molecule has 1 amide bonds. The Bertz CT molecular complexity index is 874. The lowest BCUT2D eigenvalue weighted by Gasteiger charge is -2.30. The Morgan fingerprint density at radius 1 is 1.31 bits per heavy atom. The second kappa shape index (κ2) is 9.09. The minimum Gasteiger partial charge on any atom is -0.488 e. The zero-order chi connectivity index (χ0) is 21.0. The Morgan fingerprint density at radius 3 is 2.76 bits per heavy atom. The van der Waals surface area contributed by atoms with Crippen LogP contribution in [0.3, 0.4) is 0 Å². The number of amides is 1. The molecule has 1 aromatic heterocycles. The number of carbonyl (C=O) groups excluding carboxylic acids is 1. The third-order valence-corrected chi connectivity index (χ3v) is 4.90. The first kappa shape index (κ1) is 20.9. The van der Waals surface area contributed by atoms with Crippen LogP contribution in [0.4, 0.5) is 21.6 Å². The van der Waals surface area contributed by atoms with Gasteiger partial charge in [0.25, 0.3) is 5.91 Å². The standard InChI is InChI=1S/C21H28FN5O2/c1-12(2)29-18-11-13(26-21-14(20(24)28)6-5-9-25-21)10-17(19(18)22)27-16-8-4-3-7-15(16)23/h5-6,9-12,15-16,27H,3-4,7-8,23H2,1-2H3,(H2,24,28)(H,25,26)/t15-,16+/m0/s1. The van der Waals surface area contributed by atoms with Gasteiger partial charge in [-0.15, -0.1) is 0 Å². The highest BCUT2D eigenvalue weighted by atomic mass is 19.1. The van der Waals surface area contributed by atoms with Crippen molar-refractivity contribution in [3.8, 4) is 5.75 Å². The molecular weight excluding hydrogens is 373 g/mol. The maximum Gasteiger partial charge on any atom is 0.252 e. The summed E-state index contributed by atoms with van der Waals surface area (Å²) in [6, 6.07) is 6.32. The van der Waals surface area contributed by atoms with E-state index in [1.165, 1.54) is 0 Å². The van der Waals surface area contributed by atoms with Crippen molar-refractivity contribution in [3.63, 3.8) is 0 Å². The van der Waals surface area contributed by atoms with Gasteiger partial charge < -0.3 is 26.8 Å². The zero-order valence-corrected chi connectivity index (χ0v) is 16.7. The molecule has 2 atom stereocenters. The summed E-state index contributed by atoms with van der Waals surface area (Å²) in [4.78, 5) is 15.9. The van der Waals surface area contributed by atoms with Gasteiger partial charge in [0.2, 0.25) is 0 Å². The number of nitrogens with one attached hydrogen (secondary N) is 2. The fraction of sp³-hybridized carbons (Fsp3) is 0.429. The van der Waals surface area contributed by atoms with Gasteiger partial charge in [-0.25, -0.2) is 9.37 Å². The predicted octanol–water partition coefficient (Wildman–Crippen LogP) is 3.53. The summed E-state index contributed by atoms with van der Waals surface area (Å²) in [5.41, 5.74) is 12.7. The molecule has 1 fully saturated rings. The average Bonchev–Trinajstić information content (AvgIpc) is 2.67. The van der Waals surface area contributed by atoms with Crippen molar-refractivity contribution >= 4 is 23.1 Å². The molecule has 1 saturated carbocycles. The van der Waals surface area contributed by atoms with E-state index in [1.807, 2.05) is 13.8 Å². The average molecular weight is 401 g/mol. The monoisotopic (exact) mass is 401 g/mol. The molecule has 1 aromatic carbocycles. The molecular formula is C21H28FN5O2. The van der Waals surface area contributed by atoms with E-state index in [1.54, 1.807) is 30.5 Å². The van der Waals surface area contributed by atoms with Gasteiger partial charge in [-0.2, -0.15) is 0 Å². The normalized spacial score (nSPS) is 19.1. The van der Waals surface area contributed by atoms with Gasteiger partial charge in [0, 0.05) is 30.0 Å². The summed E-state index contributed by atoms with van der Waals surface area (Å²) in [6.45, 7) is 3.65. The second-order valence-electron chi connectivity index (χ2n) is 7.59. The van der Waals surface area contributed by atoms with Crippen LogP contribution < -0.4 is 26.8 Å². The number of primary amides is 1. The van der Waals surface area contributed by atoms with Crippen LogP contribution in [-0.2, 0) is 0 Å². The summed E-state index contributed by atoms with van der Waals surface area (Å²) >= 11 is 0. The molecule has 2 aromatic rings. The van der Waals surface area contributed by atoms with Crippen molar-refractivity contribution in [1.29, 1.82) is 0 Å². The van der Waals surface area contributed by atoms with E-state index in [-0.39, 0.29) is 29.5 Å². The third kappa shape index (κ3) is 5.14. The van der Waals surface area contributed by atoms with Crippen molar-refractivity contribution in [2.24, 2.45) is 11.5 Å². The van der Waals surface area contributed by atoms with Crippen LogP contribution in [0.25, 0.3) is 0 Å². The van der Waals surface area contributed by atoms with Crippen molar-refractivity contribution in [2.45, 2.75) is 57.7 Å². The second-order valence-corrected chi connectivity index (χ2v) is 7.59. The lowest BCUT2D eigenvalue weighted by Crippen LogP contribution is -2.42. The lowest BCUT2D eigenvalue weighted by atomic mass is 9.91. The molecule has 7 nitrogen and oxygen atoms in total. The highest BCUT2D eigenvalue weighted by Crippen LogP contribution is 2.34. The maximum absolute atomic E-state index is 15.1. The quantitative estimate of drug-likeness (QED) is 0.564. The van der Waals surface area contributed by atoms with Gasteiger partial charge in [-0.3, -0.25) is 4.79 Å². The molecule has 1 aliphatic rings. The van der Waals surface area contributed by atoms with E-state index in [0.717, 1.165) is 25.7 Å². The van der Waals surface area contributed by atoms with Crippen LogP contribution in [-0.4, -0.2) is 29.1 Å². The van der Waals surface area contributed by atoms with E-state index in [2.05, 4.69) is 15.6 Å². The highest BCUT2D eigenvalue weighted by Gasteiger charge is 2.24. The molecule has 0 spiro atoms. The molecule has 8 heteroatoms. The number of aromatic nitrogens is 1. The van der Waals surface area contributed by atoms with Gasteiger partial charge in [0.1, 0.15) is 5.82 Å². The SMILES string of the molecule is CC(C)Oc1cc(Nc2ncccc2C(N)=O)cc(N[C@@H]2CCCC[C@@H]2N)c1F. The van der Waals surface area contributed by atoms with Crippen LogP contribution in [0, 0.1) is 5.82 Å². The maximum atomic E-state index is 15.1. The first-order valence-corrected chi connectivity index (χ1v) is 9.89. The topological polar surface area (TPSA) is 115 Å².